The lowest BCUT2D eigenvalue weighted by Gasteiger charge is -2.39. The minimum absolute atomic E-state index is 0.132. The third-order valence-electron chi connectivity index (χ3n) is 7.06. The number of imidazole rings is 1. The predicted molar refractivity (Wildman–Crippen MR) is 152 cm³/mol. The first-order valence-electron chi connectivity index (χ1n) is 13.5. The first-order chi connectivity index (χ1) is 18.5. The molecule has 39 heavy (non-hydrogen) atoms. The van der Waals surface area contributed by atoms with Gasteiger partial charge in [0.2, 0.25) is 0 Å². The molecule has 0 spiro atoms. The summed E-state index contributed by atoms with van der Waals surface area (Å²) in [6.45, 7) is 11.8. The fourth-order valence-corrected chi connectivity index (χ4v) is 5.33. The summed E-state index contributed by atoms with van der Waals surface area (Å²) < 4.78 is 9.28. The third-order valence-corrected chi connectivity index (χ3v) is 7.06. The van der Waals surface area contributed by atoms with E-state index in [9.17, 15) is 9.59 Å². The van der Waals surface area contributed by atoms with Crippen molar-refractivity contribution in [2.24, 2.45) is 7.05 Å². The average Bonchev–Trinajstić information content (AvgIpc) is 3.44. The molecule has 10 heteroatoms. The second kappa shape index (κ2) is 10.2. The maximum Gasteiger partial charge on any atom is 0.410 e. The van der Waals surface area contributed by atoms with Crippen molar-refractivity contribution >= 4 is 39.9 Å². The summed E-state index contributed by atoms with van der Waals surface area (Å²) in [4.78, 5) is 34.7. The number of carbonyl (C=O) groups is 2. The molecule has 5 rings (SSSR count). The van der Waals surface area contributed by atoms with Crippen LogP contribution in [-0.4, -0.2) is 67.3 Å². The van der Waals surface area contributed by atoms with Crippen LogP contribution in [0.4, 0.5) is 16.2 Å². The van der Waals surface area contributed by atoms with Crippen molar-refractivity contribution in [3.8, 4) is 0 Å². The Labute approximate surface area is 228 Å². The molecular weight excluding hydrogens is 494 g/mol. The molecule has 0 bridgehead atoms. The number of rotatable bonds is 5. The van der Waals surface area contributed by atoms with Crippen LogP contribution in [0.15, 0.2) is 42.9 Å². The highest BCUT2D eigenvalue weighted by Gasteiger charge is 2.31. The van der Waals surface area contributed by atoms with Crippen molar-refractivity contribution in [2.75, 3.05) is 29.9 Å². The minimum atomic E-state index is -0.517. The zero-order valence-corrected chi connectivity index (χ0v) is 23.6. The van der Waals surface area contributed by atoms with E-state index in [1.165, 1.54) is 0 Å². The molecule has 1 aliphatic heterocycles. The molecule has 1 fully saturated rings. The number of aryl methyl sites for hydroxylation is 2. The number of aromatic nitrogens is 4. The largest absolute Gasteiger partial charge is 0.444 e. The van der Waals surface area contributed by atoms with Gasteiger partial charge in [-0.1, -0.05) is 0 Å². The van der Waals surface area contributed by atoms with E-state index in [-0.39, 0.29) is 18.0 Å². The fraction of sp³-hybridized carbons (Fsp3) is 0.448. The number of benzene rings is 1. The SMILES string of the molecule is CCN(C(=O)OC(C)(C)C)C1CCN(c2ccc(C(=O)Nc3ccc4nc(C)cn4c3)c3nn(C)cc23)CC1. The third kappa shape index (κ3) is 5.55. The Morgan fingerprint density at radius 1 is 1.10 bits per heavy atom. The van der Waals surface area contributed by atoms with Gasteiger partial charge >= 0.3 is 6.09 Å². The van der Waals surface area contributed by atoms with E-state index >= 15 is 0 Å². The molecule has 0 aliphatic carbocycles. The summed E-state index contributed by atoms with van der Waals surface area (Å²) in [5.74, 6) is -0.212. The fourth-order valence-electron chi connectivity index (χ4n) is 5.33. The van der Waals surface area contributed by atoms with Crippen molar-refractivity contribution in [1.82, 2.24) is 24.1 Å². The number of carbonyl (C=O) groups excluding carboxylic acids is 2. The van der Waals surface area contributed by atoms with Crippen LogP contribution >= 0.6 is 0 Å². The lowest BCUT2D eigenvalue weighted by atomic mass is 10.0. The normalized spacial score (nSPS) is 14.7. The van der Waals surface area contributed by atoms with Crippen LogP contribution in [-0.2, 0) is 11.8 Å². The van der Waals surface area contributed by atoms with Crippen molar-refractivity contribution < 1.29 is 14.3 Å². The van der Waals surface area contributed by atoms with Crippen LogP contribution in [0.3, 0.4) is 0 Å². The van der Waals surface area contributed by atoms with Gasteiger partial charge in [0.1, 0.15) is 16.8 Å². The van der Waals surface area contributed by atoms with E-state index in [4.69, 9.17) is 4.74 Å². The van der Waals surface area contributed by atoms with Crippen LogP contribution in [0, 0.1) is 6.92 Å². The zero-order valence-electron chi connectivity index (χ0n) is 23.6. The number of amides is 2. The number of anilines is 2. The van der Waals surface area contributed by atoms with E-state index in [0.717, 1.165) is 48.3 Å². The van der Waals surface area contributed by atoms with Crippen LogP contribution in [0.5, 0.6) is 0 Å². The molecule has 1 aromatic carbocycles. The molecule has 0 atom stereocenters. The van der Waals surface area contributed by atoms with Gasteiger partial charge in [0, 0.05) is 62.4 Å². The van der Waals surface area contributed by atoms with Crippen LogP contribution in [0.1, 0.15) is 56.6 Å². The van der Waals surface area contributed by atoms with Crippen LogP contribution < -0.4 is 10.2 Å². The second-order valence-electron chi connectivity index (χ2n) is 11.2. The van der Waals surface area contributed by atoms with Gasteiger partial charge in [-0.2, -0.15) is 5.10 Å². The topological polar surface area (TPSA) is 97.0 Å². The first kappa shape index (κ1) is 26.5. The van der Waals surface area contributed by atoms with Gasteiger partial charge in [0.05, 0.1) is 16.9 Å². The highest BCUT2D eigenvalue weighted by atomic mass is 16.6. The number of fused-ring (bicyclic) bond motifs is 2. The number of hydrogen-bond donors (Lipinski definition) is 1. The molecule has 3 aromatic heterocycles. The van der Waals surface area contributed by atoms with Crippen LogP contribution in [0.25, 0.3) is 16.6 Å². The average molecular weight is 532 g/mol. The molecule has 4 aromatic rings. The Bertz CT molecular complexity index is 1520. The van der Waals surface area contributed by atoms with Crippen molar-refractivity contribution in [2.45, 2.75) is 59.1 Å². The molecule has 1 N–H and O–H groups in total. The Morgan fingerprint density at radius 3 is 2.54 bits per heavy atom. The van der Waals surface area contributed by atoms with Gasteiger partial charge < -0.3 is 24.3 Å². The lowest BCUT2D eigenvalue weighted by Crippen LogP contribution is -2.48. The van der Waals surface area contributed by atoms with Gasteiger partial charge in [-0.25, -0.2) is 9.78 Å². The smallest absolute Gasteiger partial charge is 0.410 e. The standard InChI is InChI=1S/C29H37N7O3/c1-7-36(28(38)39-29(3,4)5)21-12-14-34(15-13-21)24-10-9-22(26-23(24)18-33(6)32-26)27(37)31-20-8-11-25-30-19(2)16-35(25)17-20/h8-11,16-18,21H,7,12-15H2,1-6H3,(H,31,37). The van der Waals surface area contributed by atoms with Crippen LogP contribution in [0.2, 0.25) is 0 Å². The molecule has 0 radical (unpaired) electrons. The Balaban J connectivity index is 1.33. The highest BCUT2D eigenvalue weighted by Crippen LogP contribution is 2.32. The number of nitrogens with one attached hydrogen (secondary N) is 1. The van der Waals surface area contributed by atoms with Gasteiger partial charge in [-0.3, -0.25) is 9.48 Å². The van der Waals surface area contributed by atoms with Gasteiger partial charge in [0.15, 0.2) is 0 Å². The summed E-state index contributed by atoms with van der Waals surface area (Å²) in [6.07, 6.45) is 7.18. The molecule has 0 unspecified atom stereocenters. The molecule has 2 amide bonds. The van der Waals surface area contributed by atoms with Gasteiger partial charge in [-0.05, 0) is 71.7 Å². The Hall–Kier alpha value is -4.08. The molecule has 1 saturated heterocycles. The summed E-state index contributed by atoms with van der Waals surface area (Å²) in [6, 6.07) is 7.73. The first-order valence-corrected chi connectivity index (χ1v) is 13.5. The van der Waals surface area contributed by atoms with Crippen molar-refractivity contribution in [3.05, 3.63) is 54.1 Å². The lowest BCUT2D eigenvalue weighted by molar-refractivity contribution is 0.0149. The van der Waals surface area contributed by atoms with E-state index in [1.54, 1.807) is 4.68 Å². The van der Waals surface area contributed by atoms with E-state index in [0.29, 0.717) is 23.3 Å². The Kier molecular flexibility index (Phi) is 6.96. The summed E-state index contributed by atoms with van der Waals surface area (Å²) in [5.41, 5.74) is 4.15. The molecule has 0 saturated carbocycles. The zero-order chi connectivity index (χ0) is 27.9. The molecule has 206 valence electrons. The summed E-state index contributed by atoms with van der Waals surface area (Å²) >= 11 is 0. The molecular formula is C29H37N7O3. The van der Waals surface area contributed by atoms with Crippen molar-refractivity contribution in [1.29, 1.82) is 0 Å². The van der Waals surface area contributed by atoms with Crippen molar-refractivity contribution in [3.63, 3.8) is 0 Å². The van der Waals surface area contributed by atoms with E-state index in [2.05, 4.69) is 20.3 Å². The summed E-state index contributed by atoms with van der Waals surface area (Å²) in [5, 5.41) is 8.59. The number of piperidine rings is 1. The molecule has 4 heterocycles. The minimum Gasteiger partial charge on any atom is -0.444 e. The predicted octanol–water partition coefficient (Wildman–Crippen LogP) is 5.01. The quantitative estimate of drug-likeness (QED) is 0.389. The monoisotopic (exact) mass is 531 g/mol. The molecule has 1 aliphatic rings. The van der Waals surface area contributed by atoms with Gasteiger partial charge in [0.25, 0.3) is 5.91 Å². The number of hydrogen-bond acceptors (Lipinski definition) is 6. The Morgan fingerprint density at radius 2 is 1.85 bits per heavy atom. The number of nitrogens with zero attached hydrogens (tertiary/aromatic N) is 6. The maximum atomic E-state index is 13.3. The number of ether oxygens (including phenoxy) is 1. The summed E-state index contributed by atoms with van der Waals surface area (Å²) in [7, 11) is 1.87. The second-order valence-corrected chi connectivity index (χ2v) is 11.2. The van der Waals surface area contributed by atoms with E-state index < -0.39 is 5.60 Å². The van der Waals surface area contributed by atoms with E-state index in [1.807, 2.05) is 93.8 Å². The highest BCUT2D eigenvalue weighted by molar-refractivity contribution is 6.13. The molecule has 10 nitrogen and oxygen atoms in total. The number of pyridine rings is 1. The maximum absolute atomic E-state index is 13.3. The van der Waals surface area contributed by atoms with Gasteiger partial charge in [-0.15, -0.1) is 0 Å².